The van der Waals surface area contributed by atoms with E-state index in [0.717, 1.165) is 55.8 Å². The van der Waals surface area contributed by atoms with Gasteiger partial charge in [0.1, 0.15) is 5.39 Å². The first-order valence-electron chi connectivity index (χ1n) is 12.5. The second-order valence-corrected chi connectivity index (χ2v) is 10.7. The summed E-state index contributed by atoms with van der Waals surface area (Å²) in [7, 11) is 0. The van der Waals surface area contributed by atoms with Gasteiger partial charge >= 0.3 is 0 Å². The van der Waals surface area contributed by atoms with Crippen LogP contribution in [0.4, 0.5) is 11.6 Å². The second kappa shape index (κ2) is 8.30. The molecule has 1 fully saturated rings. The average Bonchev–Trinajstić information content (AvgIpc) is 3.09. The third-order valence-corrected chi connectivity index (χ3v) is 7.15. The Balaban J connectivity index is 1.47. The summed E-state index contributed by atoms with van der Waals surface area (Å²) in [4.78, 5) is 27.4. The summed E-state index contributed by atoms with van der Waals surface area (Å²) in [6.07, 6.45) is 7.61. The molecule has 6 rings (SSSR count). The van der Waals surface area contributed by atoms with Crippen LogP contribution in [-0.4, -0.2) is 30.9 Å². The maximum Gasteiger partial charge on any atom is 0.278 e. The van der Waals surface area contributed by atoms with Gasteiger partial charge in [0, 0.05) is 35.7 Å². The Bertz CT molecular complexity index is 1470. The topological polar surface area (TPSA) is 89.7 Å². The van der Waals surface area contributed by atoms with Crippen LogP contribution in [0.2, 0.25) is 0 Å². The minimum absolute atomic E-state index is 0.0355. The first kappa shape index (κ1) is 22.0. The predicted molar refractivity (Wildman–Crippen MR) is 138 cm³/mol. The lowest BCUT2D eigenvalue weighted by molar-refractivity contribution is 0.269. The Kier molecular flexibility index (Phi) is 5.21. The Labute approximate surface area is 204 Å². The molecular weight excluding hydrogens is 438 g/mol. The number of fused-ring (bicyclic) bond motifs is 2. The summed E-state index contributed by atoms with van der Waals surface area (Å²) in [5, 5.41) is 7.31. The van der Waals surface area contributed by atoms with Gasteiger partial charge in [-0.25, -0.2) is 14.3 Å². The van der Waals surface area contributed by atoms with Gasteiger partial charge in [-0.2, -0.15) is 4.98 Å². The highest BCUT2D eigenvalue weighted by Crippen LogP contribution is 2.33. The molecule has 3 aromatic heterocycles. The summed E-state index contributed by atoms with van der Waals surface area (Å²) in [6.45, 7) is 8.32. The number of nitrogens with zero attached hydrogens (tertiary/aromatic N) is 5. The molecule has 1 aliphatic heterocycles. The van der Waals surface area contributed by atoms with Gasteiger partial charge in [-0.15, -0.1) is 0 Å². The lowest BCUT2D eigenvalue weighted by Gasteiger charge is -2.29. The van der Waals surface area contributed by atoms with Crippen molar-refractivity contribution in [3.8, 4) is 5.69 Å². The third kappa shape index (κ3) is 3.91. The van der Waals surface area contributed by atoms with Gasteiger partial charge in [-0.3, -0.25) is 9.78 Å². The number of hydrogen-bond donors (Lipinski definition) is 2. The standard InChI is InChI=1S/C27H31N7O/c1-27(2,3)23-14-21(10-12-29-23)33-24-22(25(35)34(33)20-5-4-6-20)16-30-26(32-24)31-19-8-7-18-15-28-11-9-17(18)13-19/h7-8,10,12-14,16,20,28H,4-6,9,11,15H2,1-3H3,(H,30,31,32). The molecule has 0 radical (unpaired) electrons. The van der Waals surface area contributed by atoms with Crippen LogP contribution in [0.3, 0.4) is 0 Å². The van der Waals surface area contributed by atoms with Gasteiger partial charge in [0.05, 0.1) is 11.7 Å². The smallest absolute Gasteiger partial charge is 0.278 e. The van der Waals surface area contributed by atoms with Crippen molar-refractivity contribution in [1.29, 1.82) is 0 Å². The molecule has 2 aliphatic rings. The quantitative estimate of drug-likeness (QED) is 0.461. The normalized spacial score (nSPS) is 16.2. The number of aromatic nitrogens is 5. The molecule has 1 saturated carbocycles. The number of hydrogen-bond acceptors (Lipinski definition) is 6. The van der Waals surface area contributed by atoms with Gasteiger partial charge in [0.15, 0.2) is 5.65 Å². The molecule has 4 heterocycles. The molecule has 8 nitrogen and oxygen atoms in total. The van der Waals surface area contributed by atoms with Gasteiger partial charge in [-0.1, -0.05) is 26.8 Å². The van der Waals surface area contributed by atoms with Crippen molar-refractivity contribution in [3.63, 3.8) is 0 Å². The Morgan fingerprint density at radius 3 is 2.71 bits per heavy atom. The molecule has 0 unspecified atom stereocenters. The second-order valence-electron chi connectivity index (χ2n) is 10.7. The lowest BCUT2D eigenvalue weighted by Crippen LogP contribution is -2.31. The summed E-state index contributed by atoms with van der Waals surface area (Å²) >= 11 is 0. The van der Waals surface area contributed by atoms with E-state index in [2.05, 4.69) is 65.6 Å². The van der Waals surface area contributed by atoms with E-state index in [4.69, 9.17) is 4.98 Å². The molecule has 1 aliphatic carbocycles. The highest BCUT2D eigenvalue weighted by molar-refractivity contribution is 5.77. The van der Waals surface area contributed by atoms with Crippen molar-refractivity contribution < 1.29 is 0 Å². The summed E-state index contributed by atoms with van der Waals surface area (Å²) in [6, 6.07) is 10.6. The van der Waals surface area contributed by atoms with E-state index >= 15 is 0 Å². The van der Waals surface area contributed by atoms with Crippen LogP contribution in [-0.2, 0) is 18.4 Å². The van der Waals surface area contributed by atoms with Gasteiger partial charge < -0.3 is 10.6 Å². The van der Waals surface area contributed by atoms with E-state index in [1.54, 1.807) is 6.20 Å². The third-order valence-electron chi connectivity index (χ3n) is 7.15. The zero-order valence-electron chi connectivity index (χ0n) is 20.5. The largest absolute Gasteiger partial charge is 0.324 e. The van der Waals surface area contributed by atoms with Crippen molar-refractivity contribution in [2.24, 2.45) is 0 Å². The van der Waals surface area contributed by atoms with Crippen LogP contribution in [0.1, 0.15) is 62.9 Å². The van der Waals surface area contributed by atoms with Crippen LogP contribution >= 0.6 is 0 Å². The van der Waals surface area contributed by atoms with E-state index in [1.807, 2.05) is 21.6 Å². The van der Waals surface area contributed by atoms with Crippen molar-refractivity contribution in [2.45, 2.75) is 64.5 Å². The molecule has 0 spiro atoms. The number of pyridine rings is 1. The van der Waals surface area contributed by atoms with Crippen molar-refractivity contribution in [2.75, 3.05) is 11.9 Å². The maximum absolute atomic E-state index is 13.5. The number of benzene rings is 1. The summed E-state index contributed by atoms with van der Waals surface area (Å²) in [5.74, 6) is 0.482. The van der Waals surface area contributed by atoms with E-state index in [9.17, 15) is 4.79 Å². The number of anilines is 2. The molecule has 0 atom stereocenters. The zero-order valence-corrected chi connectivity index (χ0v) is 20.5. The van der Waals surface area contributed by atoms with Crippen LogP contribution < -0.4 is 16.2 Å². The van der Waals surface area contributed by atoms with Gasteiger partial charge in [0.25, 0.3) is 5.56 Å². The fraction of sp³-hybridized carbons (Fsp3) is 0.407. The van der Waals surface area contributed by atoms with Crippen molar-refractivity contribution in [1.82, 2.24) is 29.6 Å². The molecule has 0 amide bonds. The van der Waals surface area contributed by atoms with Crippen molar-refractivity contribution in [3.05, 3.63) is 69.9 Å². The van der Waals surface area contributed by atoms with Crippen molar-refractivity contribution >= 4 is 22.7 Å². The summed E-state index contributed by atoms with van der Waals surface area (Å²) in [5.41, 5.74) is 5.97. The molecule has 0 saturated heterocycles. The number of nitrogens with one attached hydrogen (secondary N) is 2. The molecular formula is C27H31N7O. The highest BCUT2D eigenvalue weighted by Gasteiger charge is 2.28. The average molecular weight is 470 g/mol. The van der Waals surface area contributed by atoms with E-state index < -0.39 is 0 Å². The molecule has 4 aromatic rings. The first-order chi connectivity index (χ1) is 16.9. The van der Waals surface area contributed by atoms with Gasteiger partial charge in [0.2, 0.25) is 5.95 Å². The maximum atomic E-state index is 13.5. The van der Waals surface area contributed by atoms with E-state index in [-0.39, 0.29) is 17.0 Å². The van der Waals surface area contributed by atoms with Crippen LogP contribution in [0.15, 0.2) is 47.5 Å². The monoisotopic (exact) mass is 469 g/mol. The molecule has 2 N–H and O–H groups in total. The van der Waals surface area contributed by atoms with Gasteiger partial charge in [-0.05, 0) is 67.6 Å². The van der Waals surface area contributed by atoms with E-state index in [1.165, 1.54) is 11.1 Å². The van der Waals surface area contributed by atoms with Crippen LogP contribution in [0.5, 0.6) is 0 Å². The summed E-state index contributed by atoms with van der Waals surface area (Å²) < 4.78 is 3.85. The minimum atomic E-state index is -0.107. The Hall–Kier alpha value is -3.52. The lowest BCUT2D eigenvalue weighted by atomic mass is 9.91. The Morgan fingerprint density at radius 2 is 1.94 bits per heavy atom. The minimum Gasteiger partial charge on any atom is -0.324 e. The van der Waals surface area contributed by atoms with Crippen LogP contribution in [0, 0.1) is 0 Å². The first-order valence-corrected chi connectivity index (χ1v) is 12.5. The Morgan fingerprint density at radius 1 is 1.09 bits per heavy atom. The highest BCUT2D eigenvalue weighted by atomic mass is 16.1. The molecule has 180 valence electrons. The fourth-order valence-corrected chi connectivity index (χ4v) is 4.91. The van der Waals surface area contributed by atoms with E-state index in [0.29, 0.717) is 17.0 Å². The molecule has 35 heavy (non-hydrogen) atoms. The fourth-order valence-electron chi connectivity index (χ4n) is 4.91. The van der Waals surface area contributed by atoms with Crippen LogP contribution in [0.25, 0.3) is 16.7 Å². The molecule has 1 aromatic carbocycles. The number of rotatable bonds is 4. The molecule has 8 heteroatoms. The SMILES string of the molecule is CC(C)(C)c1cc(-n2c3nc(Nc4ccc5c(c4)CCNC5)ncc3c(=O)n2C2CCC2)ccn1. The molecule has 0 bridgehead atoms. The zero-order chi connectivity index (χ0) is 24.2. The predicted octanol–water partition coefficient (Wildman–Crippen LogP) is 4.39.